The number of nitrogens with one attached hydrogen (secondary N) is 2. The third kappa shape index (κ3) is 10.9. The smallest absolute Gasteiger partial charge is 0.382 e. The molecule has 12 heteroatoms. The average molecular weight is 658 g/mol. The Labute approximate surface area is 272 Å². The van der Waals surface area contributed by atoms with Crippen LogP contribution in [0.2, 0.25) is 0 Å². The van der Waals surface area contributed by atoms with Crippen LogP contribution in [0.4, 0.5) is 13.2 Å². The molecule has 0 spiro atoms. The molecule has 3 rings (SSSR count). The van der Waals surface area contributed by atoms with Gasteiger partial charge in [0.2, 0.25) is 17.7 Å². The summed E-state index contributed by atoms with van der Waals surface area (Å²) in [5.41, 5.74) is 8.31. The predicted molar refractivity (Wildman–Crippen MR) is 170 cm³/mol. The first-order valence-electron chi connectivity index (χ1n) is 15.6. The Morgan fingerprint density at radius 3 is 2.23 bits per heavy atom. The fourth-order valence-corrected chi connectivity index (χ4v) is 5.44. The van der Waals surface area contributed by atoms with E-state index in [9.17, 15) is 42.3 Å². The molecule has 0 heterocycles. The fraction of sp³-hybridized carbons (Fsp3) is 0.457. The molecule has 0 aromatic heterocycles. The van der Waals surface area contributed by atoms with E-state index in [-0.39, 0.29) is 24.5 Å². The highest BCUT2D eigenvalue weighted by Gasteiger charge is 2.44. The second kappa shape index (κ2) is 16.5. The standard InChI is InChI=1S/C35H42F3N3O6/c1-20(2)26(19-29(42)25-13-12-23-10-7-11-24(23)18-25)34(47)41-28(17-22-8-5-4-6-9-22)30(43)16-21(3)33(46)40-27(14-15-31(39)44)32(45)35(36,37)38/h4-9,11-13,18,20-21,26-28,32,45H,10,14-17,19H2,1-3H3,(H2,39,44)(H,40,46)(H,41,47)/t21-,26+,27?,28+,32?/m1/s1. The molecular formula is C35H42F3N3O6. The maximum absolute atomic E-state index is 13.6. The molecule has 3 amide bonds. The maximum atomic E-state index is 13.6. The normalized spacial score (nSPS) is 15.7. The van der Waals surface area contributed by atoms with Gasteiger partial charge in [-0.1, -0.05) is 75.4 Å². The topological polar surface area (TPSA) is 156 Å². The van der Waals surface area contributed by atoms with E-state index in [4.69, 9.17) is 5.73 Å². The molecule has 2 aromatic rings. The fourth-order valence-electron chi connectivity index (χ4n) is 5.44. The van der Waals surface area contributed by atoms with Gasteiger partial charge in [-0.05, 0) is 47.9 Å². The number of primary amides is 1. The van der Waals surface area contributed by atoms with E-state index in [1.54, 1.807) is 56.3 Å². The van der Waals surface area contributed by atoms with Crippen molar-refractivity contribution in [3.8, 4) is 0 Å². The zero-order valence-corrected chi connectivity index (χ0v) is 26.7. The summed E-state index contributed by atoms with van der Waals surface area (Å²) in [4.78, 5) is 64.5. The van der Waals surface area contributed by atoms with Gasteiger partial charge in [-0.3, -0.25) is 24.0 Å². The molecule has 9 nitrogen and oxygen atoms in total. The minimum atomic E-state index is -5.08. The van der Waals surface area contributed by atoms with Crippen molar-refractivity contribution in [1.82, 2.24) is 10.6 Å². The number of Topliss-reactive ketones (excluding diaryl/α,β-unsaturated/α-hetero) is 2. The first-order chi connectivity index (χ1) is 22.1. The Kier molecular flexibility index (Phi) is 13.0. The van der Waals surface area contributed by atoms with E-state index in [1.807, 2.05) is 18.2 Å². The molecule has 2 aromatic carbocycles. The van der Waals surface area contributed by atoms with E-state index >= 15 is 0 Å². The predicted octanol–water partition coefficient (Wildman–Crippen LogP) is 4.10. The molecule has 2 unspecified atom stereocenters. The van der Waals surface area contributed by atoms with Crippen LogP contribution in [0.3, 0.4) is 0 Å². The van der Waals surface area contributed by atoms with Gasteiger partial charge in [0.05, 0.1) is 12.1 Å². The quantitative estimate of drug-likeness (QED) is 0.188. The number of halogens is 3. The van der Waals surface area contributed by atoms with Gasteiger partial charge < -0.3 is 21.5 Å². The number of fused-ring (bicyclic) bond motifs is 1. The molecule has 0 aliphatic heterocycles. The van der Waals surface area contributed by atoms with Gasteiger partial charge >= 0.3 is 6.18 Å². The Balaban J connectivity index is 1.74. The van der Waals surface area contributed by atoms with Crippen molar-refractivity contribution in [2.75, 3.05) is 0 Å². The molecule has 47 heavy (non-hydrogen) atoms. The van der Waals surface area contributed by atoms with Crippen molar-refractivity contribution in [3.05, 3.63) is 76.9 Å². The van der Waals surface area contributed by atoms with Crippen LogP contribution in [-0.4, -0.2) is 58.8 Å². The minimum Gasteiger partial charge on any atom is -0.382 e. The summed E-state index contributed by atoms with van der Waals surface area (Å²) in [6.07, 6.45) is -4.83. The van der Waals surface area contributed by atoms with Crippen molar-refractivity contribution in [3.63, 3.8) is 0 Å². The monoisotopic (exact) mass is 657 g/mol. The van der Waals surface area contributed by atoms with E-state index in [0.717, 1.165) is 17.5 Å². The van der Waals surface area contributed by atoms with Crippen molar-refractivity contribution >= 4 is 35.4 Å². The lowest BCUT2D eigenvalue weighted by molar-refractivity contribution is -0.213. The number of nitrogens with two attached hydrogens (primary N) is 1. The number of hydrogen-bond donors (Lipinski definition) is 4. The molecule has 0 saturated heterocycles. The zero-order chi connectivity index (χ0) is 34.9. The second-order valence-electron chi connectivity index (χ2n) is 12.4. The average Bonchev–Trinajstić information content (AvgIpc) is 3.48. The summed E-state index contributed by atoms with van der Waals surface area (Å²) in [5.74, 6) is -5.32. The molecule has 1 aliphatic carbocycles. The van der Waals surface area contributed by atoms with Crippen LogP contribution >= 0.6 is 0 Å². The SMILES string of the molecule is CC(C)[C@H](CC(=O)c1ccc2c(c1)C=CC2)C(=O)N[C@@H](Cc1ccccc1)C(=O)C[C@@H](C)C(=O)NC(CCC(N)=O)C(O)C(F)(F)F. The number of carbonyl (C=O) groups excluding carboxylic acids is 5. The lowest BCUT2D eigenvalue weighted by Crippen LogP contribution is -2.52. The number of ketones is 2. The molecule has 254 valence electrons. The number of aliphatic hydroxyl groups excluding tert-OH is 1. The molecule has 1 aliphatic rings. The summed E-state index contributed by atoms with van der Waals surface area (Å²) < 4.78 is 39.7. The number of alkyl halides is 3. The van der Waals surface area contributed by atoms with Crippen LogP contribution in [-0.2, 0) is 32.0 Å². The van der Waals surface area contributed by atoms with Crippen LogP contribution < -0.4 is 16.4 Å². The highest BCUT2D eigenvalue weighted by molar-refractivity contribution is 6.00. The number of aliphatic hydroxyl groups is 1. The van der Waals surface area contributed by atoms with E-state index in [1.165, 1.54) is 6.92 Å². The van der Waals surface area contributed by atoms with E-state index in [0.29, 0.717) is 11.1 Å². The molecule has 5 N–H and O–H groups in total. The van der Waals surface area contributed by atoms with Gasteiger partial charge in [0.1, 0.15) is 0 Å². The van der Waals surface area contributed by atoms with Crippen LogP contribution in [0.25, 0.3) is 6.08 Å². The first-order valence-corrected chi connectivity index (χ1v) is 15.6. The number of amides is 3. The molecular weight excluding hydrogens is 615 g/mol. The van der Waals surface area contributed by atoms with Crippen LogP contribution in [0.1, 0.15) is 73.5 Å². The number of carbonyl (C=O) groups is 5. The van der Waals surface area contributed by atoms with Gasteiger partial charge in [-0.2, -0.15) is 13.2 Å². The minimum absolute atomic E-state index is 0.0731. The van der Waals surface area contributed by atoms with Crippen LogP contribution in [0.15, 0.2) is 54.6 Å². The van der Waals surface area contributed by atoms with Gasteiger partial charge in [0.15, 0.2) is 17.7 Å². The van der Waals surface area contributed by atoms with Crippen LogP contribution in [0, 0.1) is 17.8 Å². The van der Waals surface area contributed by atoms with Gasteiger partial charge in [0.25, 0.3) is 0 Å². The largest absolute Gasteiger partial charge is 0.416 e. The number of hydrogen-bond acceptors (Lipinski definition) is 6. The van der Waals surface area contributed by atoms with Gasteiger partial charge in [0, 0.05) is 36.7 Å². The highest BCUT2D eigenvalue weighted by Crippen LogP contribution is 2.26. The Morgan fingerprint density at radius 2 is 1.62 bits per heavy atom. The maximum Gasteiger partial charge on any atom is 0.416 e. The van der Waals surface area contributed by atoms with Gasteiger partial charge in [-0.15, -0.1) is 0 Å². The summed E-state index contributed by atoms with van der Waals surface area (Å²) >= 11 is 0. The lowest BCUT2D eigenvalue weighted by atomic mass is 9.86. The van der Waals surface area contributed by atoms with Crippen molar-refractivity contribution < 1.29 is 42.3 Å². The van der Waals surface area contributed by atoms with E-state index in [2.05, 4.69) is 10.6 Å². The summed E-state index contributed by atoms with van der Waals surface area (Å²) in [5, 5.41) is 14.6. The van der Waals surface area contributed by atoms with Crippen molar-refractivity contribution in [2.24, 2.45) is 23.5 Å². The highest BCUT2D eigenvalue weighted by atomic mass is 19.4. The van der Waals surface area contributed by atoms with Gasteiger partial charge in [-0.25, -0.2) is 0 Å². The third-order valence-electron chi connectivity index (χ3n) is 8.34. The summed E-state index contributed by atoms with van der Waals surface area (Å²) in [7, 11) is 0. The molecule has 5 atom stereocenters. The number of rotatable bonds is 17. The number of benzene rings is 2. The summed E-state index contributed by atoms with van der Waals surface area (Å²) in [6.45, 7) is 4.93. The number of allylic oxidation sites excluding steroid dienone is 1. The molecule has 0 fully saturated rings. The third-order valence-corrected chi connectivity index (χ3v) is 8.34. The zero-order valence-electron chi connectivity index (χ0n) is 26.7. The molecule has 0 radical (unpaired) electrons. The molecule has 0 bridgehead atoms. The summed E-state index contributed by atoms with van der Waals surface area (Å²) in [6, 6.07) is 11.3. The Bertz CT molecular complexity index is 1470. The Morgan fingerprint density at radius 1 is 0.936 bits per heavy atom. The Hall–Kier alpha value is -4.32. The lowest BCUT2D eigenvalue weighted by Gasteiger charge is -2.27. The second-order valence-corrected chi connectivity index (χ2v) is 12.4. The van der Waals surface area contributed by atoms with Crippen molar-refractivity contribution in [2.45, 2.75) is 83.7 Å². The van der Waals surface area contributed by atoms with Crippen molar-refractivity contribution in [1.29, 1.82) is 0 Å². The molecule has 0 saturated carbocycles. The first kappa shape index (κ1) is 37.1. The van der Waals surface area contributed by atoms with Crippen LogP contribution in [0.5, 0.6) is 0 Å². The van der Waals surface area contributed by atoms with E-state index < -0.39 is 79.0 Å².